The molecule has 5 heterocycles. The molecular formula is C48H30B3N3. The fourth-order valence-electron chi connectivity index (χ4n) is 10.7. The molecular weight excluding hydrogens is 651 g/mol. The average Bonchev–Trinajstić information content (AvgIpc) is 3.24. The number of hydrogen-bond donors (Lipinski definition) is 0. The predicted molar refractivity (Wildman–Crippen MR) is 231 cm³/mol. The summed E-state index contributed by atoms with van der Waals surface area (Å²) in [5, 5.41) is 0. The summed E-state index contributed by atoms with van der Waals surface area (Å²) in [7, 11) is 0. The quantitative estimate of drug-likeness (QED) is 0.213. The number of benzene rings is 8. The van der Waals surface area contributed by atoms with E-state index in [0.717, 1.165) is 0 Å². The zero-order chi connectivity index (χ0) is 35.1. The first kappa shape index (κ1) is 28.9. The highest BCUT2D eigenvalue weighted by Gasteiger charge is 2.52. The number of rotatable bonds is 2. The largest absolute Gasteiger partial charge is 0.373 e. The van der Waals surface area contributed by atoms with Crippen LogP contribution in [0, 0.1) is 0 Å². The molecule has 0 unspecified atom stereocenters. The molecule has 0 N–H and O–H groups in total. The van der Waals surface area contributed by atoms with Crippen molar-refractivity contribution in [3.8, 4) is 11.1 Å². The first-order valence-electron chi connectivity index (χ1n) is 19.1. The molecule has 0 aromatic heterocycles. The maximum absolute atomic E-state index is 2.72. The summed E-state index contributed by atoms with van der Waals surface area (Å²) < 4.78 is 0. The van der Waals surface area contributed by atoms with E-state index in [1.165, 1.54) is 100 Å². The smallest absolute Gasteiger partial charge is 0.333 e. The van der Waals surface area contributed by atoms with Crippen LogP contribution in [0.4, 0.5) is 45.5 Å². The first-order chi connectivity index (χ1) is 26.9. The van der Waals surface area contributed by atoms with Crippen molar-refractivity contribution in [1.82, 2.24) is 0 Å². The lowest BCUT2D eigenvalue weighted by molar-refractivity contribution is 1.20. The monoisotopic (exact) mass is 681 g/mol. The fraction of sp³-hybridized carbons (Fsp3) is 0. The lowest BCUT2D eigenvalue weighted by Gasteiger charge is -2.53. The highest BCUT2D eigenvalue weighted by atomic mass is 15.3. The molecule has 0 aliphatic carbocycles. The van der Waals surface area contributed by atoms with E-state index < -0.39 is 0 Å². The second kappa shape index (κ2) is 10.5. The van der Waals surface area contributed by atoms with Crippen molar-refractivity contribution in [3.63, 3.8) is 0 Å². The minimum Gasteiger partial charge on any atom is -0.373 e. The van der Waals surface area contributed by atoms with Gasteiger partial charge in [0.05, 0.1) is 22.7 Å². The minimum absolute atomic E-state index is 0.0151. The van der Waals surface area contributed by atoms with Gasteiger partial charge in [-0.25, -0.2) is 0 Å². The van der Waals surface area contributed by atoms with Crippen LogP contribution in [-0.4, -0.2) is 20.3 Å². The van der Waals surface area contributed by atoms with Gasteiger partial charge in [0, 0.05) is 28.3 Å². The lowest BCUT2D eigenvalue weighted by Crippen LogP contribution is -2.68. The molecule has 0 atom stereocenters. The van der Waals surface area contributed by atoms with E-state index >= 15 is 0 Å². The van der Waals surface area contributed by atoms with Gasteiger partial charge in [-0.3, -0.25) is 0 Å². The van der Waals surface area contributed by atoms with Gasteiger partial charge in [-0.05, 0) is 68.7 Å². The van der Waals surface area contributed by atoms with Crippen LogP contribution in [0.25, 0.3) is 11.1 Å². The Morgan fingerprint density at radius 2 is 0.741 bits per heavy atom. The molecule has 0 saturated heterocycles. The van der Waals surface area contributed by atoms with E-state index in [9.17, 15) is 0 Å². The molecule has 3 nitrogen and oxygen atoms in total. The van der Waals surface area contributed by atoms with Crippen LogP contribution in [0.3, 0.4) is 0 Å². The van der Waals surface area contributed by atoms with Crippen LogP contribution in [0.5, 0.6) is 0 Å². The number of hydrogen-bond acceptors (Lipinski definition) is 3. The second-order valence-electron chi connectivity index (χ2n) is 15.2. The van der Waals surface area contributed by atoms with Gasteiger partial charge >= 0.3 is 6.85 Å². The van der Waals surface area contributed by atoms with Gasteiger partial charge in [-0.2, -0.15) is 0 Å². The van der Waals surface area contributed by atoms with Gasteiger partial charge in [0.15, 0.2) is 0 Å². The number of para-hydroxylation sites is 5. The van der Waals surface area contributed by atoms with Crippen LogP contribution in [-0.2, 0) is 0 Å². The SMILES string of the molecule is c1ccc(B2c3ccccc3N3c4ccccc4B4c5c(ccc2c53)-c2ccc3c5c2N4c2ccccc2N5c2ccccc2B3c2ccccc2)cc1. The molecule has 0 saturated carbocycles. The summed E-state index contributed by atoms with van der Waals surface area (Å²) in [5.74, 6) is 0. The Hall–Kier alpha value is -6.65. The summed E-state index contributed by atoms with van der Waals surface area (Å²) in [6.45, 7) is 0.231. The molecule has 246 valence electrons. The van der Waals surface area contributed by atoms with Gasteiger partial charge in [-0.1, -0.05) is 163 Å². The Morgan fingerprint density at radius 3 is 1.35 bits per heavy atom. The van der Waals surface area contributed by atoms with E-state index in [-0.39, 0.29) is 20.3 Å². The number of anilines is 8. The topological polar surface area (TPSA) is 9.72 Å². The summed E-state index contributed by atoms with van der Waals surface area (Å²) in [6.07, 6.45) is 0. The summed E-state index contributed by atoms with van der Waals surface area (Å²) in [5.41, 5.74) is 23.6. The highest BCUT2D eigenvalue weighted by molar-refractivity contribution is 7.01. The Bertz CT molecular complexity index is 2700. The van der Waals surface area contributed by atoms with E-state index in [4.69, 9.17) is 0 Å². The van der Waals surface area contributed by atoms with Crippen molar-refractivity contribution in [1.29, 1.82) is 0 Å². The van der Waals surface area contributed by atoms with Crippen LogP contribution < -0.4 is 58.3 Å². The van der Waals surface area contributed by atoms with Crippen molar-refractivity contribution in [3.05, 3.63) is 182 Å². The molecule has 5 aliphatic heterocycles. The molecule has 8 aromatic rings. The third-order valence-electron chi connectivity index (χ3n) is 12.7. The second-order valence-corrected chi connectivity index (χ2v) is 15.2. The normalized spacial score (nSPS) is 14.4. The maximum atomic E-state index is 2.72. The fourth-order valence-corrected chi connectivity index (χ4v) is 10.7. The van der Waals surface area contributed by atoms with Gasteiger partial charge < -0.3 is 14.6 Å². The molecule has 5 aliphatic rings. The maximum Gasteiger partial charge on any atom is 0.333 e. The Labute approximate surface area is 316 Å². The molecule has 0 amide bonds. The summed E-state index contributed by atoms with van der Waals surface area (Å²) in [4.78, 5) is 7.87. The van der Waals surface area contributed by atoms with Gasteiger partial charge in [0.1, 0.15) is 0 Å². The number of fused-ring (bicyclic) bond motifs is 12. The molecule has 0 bridgehead atoms. The van der Waals surface area contributed by atoms with Gasteiger partial charge in [0.25, 0.3) is 0 Å². The van der Waals surface area contributed by atoms with E-state index in [2.05, 4.69) is 197 Å². The molecule has 0 radical (unpaired) electrons. The zero-order valence-electron chi connectivity index (χ0n) is 29.4. The van der Waals surface area contributed by atoms with Crippen molar-refractivity contribution >= 4 is 109 Å². The minimum atomic E-state index is -0.0151. The third-order valence-corrected chi connectivity index (χ3v) is 12.7. The van der Waals surface area contributed by atoms with Crippen LogP contribution in [0.15, 0.2) is 182 Å². The van der Waals surface area contributed by atoms with E-state index in [1.54, 1.807) is 0 Å². The third kappa shape index (κ3) is 3.51. The molecule has 13 rings (SSSR count). The van der Waals surface area contributed by atoms with Crippen molar-refractivity contribution < 1.29 is 0 Å². The zero-order valence-corrected chi connectivity index (χ0v) is 29.4. The first-order valence-corrected chi connectivity index (χ1v) is 19.1. The molecule has 54 heavy (non-hydrogen) atoms. The Morgan fingerprint density at radius 1 is 0.296 bits per heavy atom. The lowest BCUT2D eigenvalue weighted by atomic mass is 9.32. The summed E-state index contributed by atoms with van der Waals surface area (Å²) in [6, 6.07) is 68.3. The highest BCUT2D eigenvalue weighted by Crippen LogP contribution is 2.57. The molecule has 0 spiro atoms. The number of nitrogens with zero attached hydrogens (tertiary/aromatic N) is 3. The Balaban J connectivity index is 1.17. The van der Waals surface area contributed by atoms with Crippen LogP contribution in [0.2, 0.25) is 0 Å². The molecule has 6 heteroatoms. The van der Waals surface area contributed by atoms with Gasteiger partial charge in [0.2, 0.25) is 13.4 Å². The van der Waals surface area contributed by atoms with Crippen LogP contribution in [0.1, 0.15) is 0 Å². The Kier molecular flexibility index (Phi) is 5.61. The van der Waals surface area contributed by atoms with E-state index in [1.807, 2.05) is 0 Å². The van der Waals surface area contributed by atoms with Crippen LogP contribution >= 0.6 is 0 Å². The predicted octanol–water partition coefficient (Wildman–Crippen LogP) is 5.84. The van der Waals surface area contributed by atoms with Crippen molar-refractivity contribution in [2.45, 2.75) is 0 Å². The average molecular weight is 681 g/mol. The van der Waals surface area contributed by atoms with E-state index in [0.29, 0.717) is 0 Å². The van der Waals surface area contributed by atoms with Crippen molar-refractivity contribution in [2.75, 3.05) is 14.6 Å². The van der Waals surface area contributed by atoms with Crippen molar-refractivity contribution in [2.24, 2.45) is 0 Å². The summed E-state index contributed by atoms with van der Waals surface area (Å²) >= 11 is 0. The standard InChI is InChI=1S/C48H30B3N3/c1-3-15-31(16-4-1)49-35-19-7-10-22-40(35)52-42-24-12-9-21-37(42)51-45-33(27-29-38(49)47(45)52)34-28-30-39-48-46(34)54(51)44-26-14-13-25-43(44)53(48)41-23-11-8-20-36(41)50(39)32-17-5-2-6-18-32/h1-30H. The van der Waals surface area contributed by atoms with Gasteiger partial charge in [-0.15, -0.1) is 0 Å². The molecule has 8 aromatic carbocycles. The molecule has 0 fully saturated rings.